The Morgan fingerprint density at radius 1 is 0.808 bits per heavy atom. The molecule has 0 spiro atoms. The summed E-state index contributed by atoms with van der Waals surface area (Å²) in [5.74, 6) is -0.938. The third-order valence-corrected chi connectivity index (χ3v) is 4.81. The summed E-state index contributed by atoms with van der Waals surface area (Å²) in [7, 11) is 0. The quantitative estimate of drug-likeness (QED) is 0.483. The maximum absolute atomic E-state index is 12.3. The van der Waals surface area contributed by atoms with Crippen LogP contribution in [0.15, 0.2) is 66.7 Å². The van der Waals surface area contributed by atoms with E-state index in [-0.39, 0.29) is 18.2 Å². The second kappa shape index (κ2) is 7.89. The molecule has 0 atom stereocenters. The van der Waals surface area contributed by atoms with Crippen molar-refractivity contribution in [2.45, 2.75) is 6.92 Å². The highest BCUT2D eigenvalue weighted by Gasteiger charge is 2.14. The molecule has 1 aromatic heterocycles. The molecule has 0 fully saturated rings. The van der Waals surface area contributed by atoms with Gasteiger partial charge >= 0.3 is 5.97 Å². The number of hydrogen-bond donors (Lipinski definition) is 0. The average Bonchev–Trinajstić information content (AvgIpc) is 3.12. The first-order valence-corrected chi connectivity index (χ1v) is 8.83. The van der Waals surface area contributed by atoms with E-state index in [9.17, 15) is 14.4 Å². The van der Waals surface area contributed by atoms with E-state index in [4.69, 9.17) is 4.74 Å². The molecule has 0 saturated heterocycles. The highest BCUT2D eigenvalue weighted by atomic mass is 32.1. The average molecular weight is 364 g/mol. The number of aryl methyl sites for hydroxylation is 1. The fourth-order valence-electron chi connectivity index (χ4n) is 2.38. The van der Waals surface area contributed by atoms with Gasteiger partial charge in [-0.05, 0) is 31.2 Å². The minimum Gasteiger partial charge on any atom is -0.454 e. The Hall–Kier alpha value is -3.05. The Morgan fingerprint density at radius 3 is 2.04 bits per heavy atom. The fraction of sp³-hybridized carbons (Fsp3) is 0.0952. The van der Waals surface area contributed by atoms with Crippen molar-refractivity contribution < 1.29 is 19.1 Å². The van der Waals surface area contributed by atoms with Gasteiger partial charge in [-0.1, -0.05) is 42.5 Å². The zero-order valence-corrected chi connectivity index (χ0v) is 14.9. The van der Waals surface area contributed by atoms with Crippen LogP contribution in [0, 0.1) is 6.92 Å². The molecule has 130 valence electrons. The summed E-state index contributed by atoms with van der Waals surface area (Å²) in [4.78, 5) is 38.0. The van der Waals surface area contributed by atoms with Gasteiger partial charge in [-0.3, -0.25) is 9.59 Å². The Labute approximate surface area is 155 Å². The van der Waals surface area contributed by atoms with Crippen molar-refractivity contribution in [1.29, 1.82) is 0 Å². The molecule has 0 aliphatic carbocycles. The van der Waals surface area contributed by atoms with Crippen LogP contribution in [0.3, 0.4) is 0 Å². The van der Waals surface area contributed by atoms with E-state index in [0.717, 1.165) is 4.88 Å². The lowest BCUT2D eigenvalue weighted by atomic mass is 10.0. The van der Waals surface area contributed by atoms with E-state index in [0.29, 0.717) is 21.6 Å². The molecule has 0 radical (unpaired) electrons. The second-order valence-corrected chi connectivity index (χ2v) is 6.97. The molecule has 3 rings (SSSR count). The van der Waals surface area contributed by atoms with Crippen molar-refractivity contribution in [2.24, 2.45) is 0 Å². The van der Waals surface area contributed by atoms with Crippen LogP contribution in [-0.2, 0) is 4.74 Å². The van der Waals surface area contributed by atoms with E-state index >= 15 is 0 Å². The highest BCUT2D eigenvalue weighted by molar-refractivity contribution is 7.14. The Kier molecular flexibility index (Phi) is 5.39. The summed E-state index contributed by atoms with van der Waals surface area (Å²) < 4.78 is 5.07. The number of carbonyl (C=O) groups is 3. The van der Waals surface area contributed by atoms with E-state index < -0.39 is 5.97 Å². The van der Waals surface area contributed by atoms with Gasteiger partial charge in [-0.2, -0.15) is 0 Å². The standard InChI is InChI=1S/C21H16O4S/c1-14-7-12-19(26-14)18(22)13-25-21(24)17-10-8-16(9-11-17)20(23)15-5-3-2-4-6-15/h2-12H,13H2,1H3. The molecule has 2 aromatic carbocycles. The van der Waals surface area contributed by atoms with Gasteiger partial charge in [0.25, 0.3) is 0 Å². The number of Topliss-reactive ketones (excluding diaryl/α,β-unsaturated/α-hetero) is 1. The van der Waals surface area contributed by atoms with E-state index in [1.54, 1.807) is 42.5 Å². The monoisotopic (exact) mass is 364 g/mol. The van der Waals surface area contributed by atoms with Crippen LogP contribution >= 0.6 is 11.3 Å². The molecule has 0 bridgehead atoms. The van der Waals surface area contributed by atoms with Crippen LogP contribution < -0.4 is 0 Å². The van der Waals surface area contributed by atoms with Crippen molar-refractivity contribution in [3.05, 3.63) is 93.2 Å². The second-order valence-electron chi connectivity index (χ2n) is 5.68. The summed E-state index contributed by atoms with van der Waals surface area (Å²) in [5, 5.41) is 0. The number of carbonyl (C=O) groups excluding carboxylic acids is 3. The van der Waals surface area contributed by atoms with Gasteiger partial charge in [0.1, 0.15) is 0 Å². The summed E-state index contributed by atoms with van der Waals surface area (Å²) in [6.45, 7) is 1.61. The smallest absolute Gasteiger partial charge is 0.338 e. The Bertz CT molecular complexity index is 940. The lowest BCUT2D eigenvalue weighted by molar-refractivity contribution is 0.0475. The summed E-state index contributed by atoms with van der Waals surface area (Å²) in [5.41, 5.74) is 1.36. The first kappa shape index (κ1) is 17.8. The number of ether oxygens (including phenoxy) is 1. The minimum atomic E-state index is -0.592. The molecule has 0 aliphatic heterocycles. The highest BCUT2D eigenvalue weighted by Crippen LogP contribution is 2.16. The molecule has 0 aliphatic rings. The first-order chi connectivity index (χ1) is 12.5. The van der Waals surface area contributed by atoms with Crippen molar-refractivity contribution in [2.75, 3.05) is 6.61 Å². The number of ketones is 2. The maximum Gasteiger partial charge on any atom is 0.338 e. The van der Waals surface area contributed by atoms with Gasteiger partial charge in [0.2, 0.25) is 5.78 Å². The number of hydrogen-bond acceptors (Lipinski definition) is 5. The van der Waals surface area contributed by atoms with Gasteiger partial charge < -0.3 is 4.74 Å². The van der Waals surface area contributed by atoms with Gasteiger partial charge in [-0.25, -0.2) is 4.79 Å². The minimum absolute atomic E-state index is 0.117. The van der Waals surface area contributed by atoms with E-state index in [2.05, 4.69) is 0 Å². The molecule has 5 heteroatoms. The molecule has 0 N–H and O–H groups in total. The van der Waals surface area contributed by atoms with Crippen LogP contribution in [0.5, 0.6) is 0 Å². The van der Waals surface area contributed by atoms with Crippen LogP contribution in [0.4, 0.5) is 0 Å². The largest absolute Gasteiger partial charge is 0.454 e. The molecule has 0 amide bonds. The van der Waals surface area contributed by atoms with Crippen molar-refractivity contribution in [3.8, 4) is 0 Å². The third-order valence-electron chi connectivity index (χ3n) is 3.77. The Balaban J connectivity index is 1.62. The lowest BCUT2D eigenvalue weighted by Gasteiger charge is -2.05. The van der Waals surface area contributed by atoms with Crippen molar-refractivity contribution in [3.63, 3.8) is 0 Å². The van der Waals surface area contributed by atoms with Gasteiger partial charge in [-0.15, -0.1) is 11.3 Å². The SMILES string of the molecule is Cc1ccc(C(=O)COC(=O)c2ccc(C(=O)c3ccccc3)cc2)s1. The molecule has 0 unspecified atom stereocenters. The van der Waals surface area contributed by atoms with Crippen molar-refractivity contribution in [1.82, 2.24) is 0 Å². The lowest BCUT2D eigenvalue weighted by Crippen LogP contribution is -2.13. The zero-order valence-electron chi connectivity index (χ0n) is 14.1. The molecule has 4 nitrogen and oxygen atoms in total. The summed E-state index contributed by atoms with van der Waals surface area (Å²) in [6, 6.07) is 18.7. The molecule has 3 aromatic rings. The Morgan fingerprint density at radius 2 is 1.42 bits per heavy atom. The molecule has 0 saturated carbocycles. The van der Waals surface area contributed by atoms with E-state index in [1.165, 1.54) is 23.5 Å². The van der Waals surface area contributed by atoms with Crippen LogP contribution in [0.25, 0.3) is 0 Å². The van der Waals surface area contributed by atoms with Gasteiger partial charge in [0, 0.05) is 16.0 Å². The van der Waals surface area contributed by atoms with Crippen molar-refractivity contribution >= 4 is 28.9 Å². The number of thiophene rings is 1. The predicted octanol–water partition coefficient (Wildman–Crippen LogP) is 4.33. The number of esters is 1. The molecule has 1 heterocycles. The normalized spacial score (nSPS) is 10.3. The topological polar surface area (TPSA) is 60.4 Å². The first-order valence-electron chi connectivity index (χ1n) is 8.01. The van der Waals surface area contributed by atoms with E-state index in [1.807, 2.05) is 19.1 Å². The fourth-order valence-corrected chi connectivity index (χ4v) is 3.18. The molecular weight excluding hydrogens is 348 g/mol. The maximum atomic E-state index is 12.3. The molecular formula is C21H16O4S. The van der Waals surface area contributed by atoms with Gasteiger partial charge in [0.05, 0.1) is 10.4 Å². The predicted molar refractivity (Wildman–Crippen MR) is 100.0 cm³/mol. The zero-order chi connectivity index (χ0) is 18.5. The number of rotatable bonds is 6. The van der Waals surface area contributed by atoms with Crippen LogP contribution in [-0.4, -0.2) is 24.1 Å². The molecule has 26 heavy (non-hydrogen) atoms. The number of benzene rings is 2. The van der Waals surface area contributed by atoms with Crippen LogP contribution in [0.1, 0.15) is 40.8 Å². The summed E-state index contributed by atoms with van der Waals surface area (Å²) >= 11 is 1.37. The summed E-state index contributed by atoms with van der Waals surface area (Å²) in [6.07, 6.45) is 0. The van der Waals surface area contributed by atoms with Gasteiger partial charge in [0.15, 0.2) is 12.4 Å². The van der Waals surface area contributed by atoms with Crippen LogP contribution in [0.2, 0.25) is 0 Å². The third kappa shape index (κ3) is 4.13.